The number of nitrogens with zero attached hydrogens (tertiary/aromatic N) is 1. The van der Waals surface area contributed by atoms with Crippen LogP contribution in [0, 0.1) is 10.1 Å². The number of carbonyl (C=O) groups is 2. The predicted octanol–water partition coefficient (Wildman–Crippen LogP) is 3.71. The largest absolute Gasteiger partial charge is 0.481 e. The lowest BCUT2D eigenvalue weighted by Gasteiger charge is -2.09. The first kappa shape index (κ1) is 19.9. The number of rotatable bonds is 10. The molecule has 8 nitrogen and oxygen atoms in total. The number of hydrogen-bond donors (Lipinski definition) is 3. The van der Waals surface area contributed by atoms with E-state index in [0.29, 0.717) is 37.2 Å². The molecule has 27 heavy (non-hydrogen) atoms. The minimum atomic E-state index is -0.837. The van der Waals surface area contributed by atoms with Crippen LogP contribution in [0.3, 0.4) is 0 Å². The van der Waals surface area contributed by atoms with Crippen LogP contribution in [0.25, 0.3) is 0 Å². The molecule has 0 atom stereocenters. The Kier molecular flexibility index (Phi) is 7.30. The minimum Gasteiger partial charge on any atom is -0.481 e. The molecule has 0 aliphatic heterocycles. The molecule has 0 radical (unpaired) electrons. The van der Waals surface area contributed by atoms with Crippen molar-refractivity contribution < 1.29 is 19.6 Å². The Bertz CT molecular complexity index is 808. The molecule has 0 aliphatic rings. The molecule has 1 amide bonds. The first-order valence-corrected chi connectivity index (χ1v) is 8.58. The average Bonchev–Trinajstić information content (AvgIpc) is 2.65. The fraction of sp³-hybridized carbons (Fsp3) is 0.263. The van der Waals surface area contributed by atoms with Gasteiger partial charge >= 0.3 is 5.97 Å². The Balaban J connectivity index is 1.97. The lowest BCUT2D eigenvalue weighted by Crippen LogP contribution is -2.24. The molecular weight excluding hydrogens is 350 g/mol. The molecule has 3 N–H and O–H groups in total. The molecular formula is C19H21N3O5. The molecule has 0 aromatic heterocycles. The quantitative estimate of drug-likeness (QED) is 0.332. The van der Waals surface area contributed by atoms with E-state index >= 15 is 0 Å². The van der Waals surface area contributed by atoms with Gasteiger partial charge in [-0.3, -0.25) is 19.7 Å². The van der Waals surface area contributed by atoms with Crippen molar-refractivity contribution in [2.75, 3.05) is 11.9 Å². The third-order valence-corrected chi connectivity index (χ3v) is 3.86. The van der Waals surface area contributed by atoms with Crippen molar-refractivity contribution in [1.29, 1.82) is 0 Å². The maximum absolute atomic E-state index is 12.2. The van der Waals surface area contributed by atoms with Gasteiger partial charge in [0.05, 0.1) is 4.92 Å². The fourth-order valence-electron chi connectivity index (χ4n) is 2.49. The van der Waals surface area contributed by atoms with Crippen molar-refractivity contribution in [3.63, 3.8) is 0 Å². The standard InChI is InChI=1S/C19H21N3O5/c23-18(24)9-5-2-6-12-20-19(25)14-10-11-16(17(13-14)22(26)27)21-15-7-3-1-4-8-15/h1,3-4,7-8,10-11,13,21H,2,5-6,9,12H2,(H,20,25)(H,23,24). The number of para-hydroxylation sites is 1. The summed E-state index contributed by atoms with van der Waals surface area (Å²) >= 11 is 0. The summed E-state index contributed by atoms with van der Waals surface area (Å²) < 4.78 is 0. The molecule has 142 valence electrons. The van der Waals surface area contributed by atoms with Crippen molar-refractivity contribution in [2.24, 2.45) is 0 Å². The van der Waals surface area contributed by atoms with Crippen LogP contribution in [0.1, 0.15) is 36.0 Å². The second kappa shape index (κ2) is 9.91. The van der Waals surface area contributed by atoms with Gasteiger partial charge in [-0.15, -0.1) is 0 Å². The number of anilines is 2. The van der Waals surface area contributed by atoms with E-state index in [0.717, 1.165) is 0 Å². The molecule has 8 heteroatoms. The number of unbranched alkanes of at least 4 members (excludes halogenated alkanes) is 2. The predicted molar refractivity (Wildman–Crippen MR) is 101 cm³/mol. The normalized spacial score (nSPS) is 10.2. The molecule has 2 aromatic carbocycles. The van der Waals surface area contributed by atoms with Crippen molar-refractivity contribution in [1.82, 2.24) is 5.32 Å². The van der Waals surface area contributed by atoms with Crippen LogP contribution in [-0.4, -0.2) is 28.5 Å². The number of hydrogen-bond acceptors (Lipinski definition) is 5. The summed E-state index contributed by atoms with van der Waals surface area (Å²) in [5.41, 5.74) is 1.02. The van der Waals surface area contributed by atoms with E-state index in [1.165, 1.54) is 18.2 Å². The molecule has 2 aromatic rings. The number of carbonyl (C=O) groups excluding carboxylic acids is 1. The molecule has 0 unspecified atom stereocenters. The summed E-state index contributed by atoms with van der Waals surface area (Å²) in [6.45, 7) is 0.385. The zero-order valence-corrected chi connectivity index (χ0v) is 14.7. The highest BCUT2D eigenvalue weighted by molar-refractivity contribution is 5.95. The summed E-state index contributed by atoms with van der Waals surface area (Å²) in [4.78, 5) is 33.4. The van der Waals surface area contributed by atoms with Gasteiger partial charge in [-0.1, -0.05) is 24.6 Å². The second-order valence-electron chi connectivity index (χ2n) is 5.94. The minimum absolute atomic E-state index is 0.107. The van der Waals surface area contributed by atoms with Crippen LogP contribution < -0.4 is 10.6 Å². The van der Waals surface area contributed by atoms with Crippen LogP contribution in [0.15, 0.2) is 48.5 Å². The Morgan fingerprint density at radius 3 is 2.44 bits per heavy atom. The highest BCUT2D eigenvalue weighted by Gasteiger charge is 2.17. The fourth-order valence-corrected chi connectivity index (χ4v) is 2.49. The summed E-state index contributed by atoms with van der Waals surface area (Å²) in [7, 11) is 0. The summed E-state index contributed by atoms with van der Waals surface area (Å²) in [5, 5.41) is 25.6. The van der Waals surface area contributed by atoms with Gasteiger partial charge in [0.15, 0.2) is 0 Å². The number of amides is 1. The van der Waals surface area contributed by atoms with Gasteiger partial charge in [-0.05, 0) is 37.1 Å². The van der Waals surface area contributed by atoms with Crippen LogP contribution >= 0.6 is 0 Å². The summed E-state index contributed by atoms with van der Waals surface area (Å²) in [6, 6.07) is 13.3. The maximum Gasteiger partial charge on any atom is 0.303 e. The number of nitro benzene ring substituents is 1. The highest BCUT2D eigenvalue weighted by atomic mass is 16.6. The SMILES string of the molecule is O=C(O)CCCCCNC(=O)c1ccc(Nc2ccccc2)c([N+](=O)[O-])c1. The maximum atomic E-state index is 12.2. The zero-order chi connectivity index (χ0) is 19.6. The Morgan fingerprint density at radius 1 is 1.04 bits per heavy atom. The van der Waals surface area contributed by atoms with Crippen molar-refractivity contribution in [3.05, 3.63) is 64.2 Å². The van der Waals surface area contributed by atoms with E-state index in [4.69, 9.17) is 5.11 Å². The van der Waals surface area contributed by atoms with Crippen molar-refractivity contribution >= 4 is 28.9 Å². The smallest absolute Gasteiger partial charge is 0.303 e. The van der Waals surface area contributed by atoms with Gasteiger partial charge in [0.2, 0.25) is 0 Å². The lowest BCUT2D eigenvalue weighted by molar-refractivity contribution is -0.383. The molecule has 0 saturated carbocycles. The molecule has 0 heterocycles. The van der Waals surface area contributed by atoms with Gasteiger partial charge in [0.1, 0.15) is 5.69 Å². The second-order valence-corrected chi connectivity index (χ2v) is 5.94. The van der Waals surface area contributed by atoms with E-state index in [9.17, 15) is 19.7 Å². The van der Waals surface area contributed by atoms with Crippen molar-refractivity contribution in [2.45, 2.75) is 25.7 Å². The molecule has 0 fully saturated rings. The van der Waals surface area contributed by atoms with Gasteiger partial charge in [-0.2, -0.15) is 0 Å². The van der Waals surface area contributed by atoms with Gasteiger partial charge in [0.25, 0.3) is 11.6 Å². The van der Waals surface area contributed by atoms with E-state index in [-0.39, 0.29) is 17.7 Å². The third-order valence-electron chi connectivity index (χ3n) is 3.86. The number of nitro groups is 1. The van der Waals surface area contributed by atoms with Crippen LogP contribution in [0.5, 0.6) is 0 Å². The monoisotopic (exact) mass is 371 g/mol. The molecule has 0 aliphatic carbocycles. The van der Waals surface area contributed by atoms with E-state index in [1.54, 1.807) is 12.1 Å². The average molecular weight is 371 g/mol. The first-order chi connectivity index (χ1) is 13.0. The Morgan fingerprint density at radius 2 is 1.78 bits per heavy atom. The van der Waals surface area contributed by atoms with Crippen LogP contribution in [0.4, 0.5) is 17.1 Å². The highest BCUT2D eigenvalue weighted by Crippen LogP contribution is 2.28. The summed E-state index contributed by atoms with van der Waals surface area (Å²) in [5.74, 6) is -1.24. The molecule has 0 spiro atoms. The lowest BCUT2D eigenvalue weighted by atomic mass is 10.1. The number of aliphatic carboxylic acids is 1. The Hall–Kier alpha value is -3.42. The zero-order valence-electron chi connectivity index (χ0n) is 14.7. The number of benzene rings is 2. The summed E-state index contributed by atoms with van der Waals surface area (Å²) in [6.07, 6.45) is 1.99. The van der Waals surface area contributed by atoms with Gasteiger partial charge < -0.3 is 15.7 Å². The van der Waals surface area contributed by atoms with Gasteiger partial charge in [0, 0.05) is 30.3 Å². The van der Waals surface area contributed by atoms with Crippen molar-refractivity contribution in [3.8, 4) is 0 Å². The van der Waals surface area contributed by atoms with E-state index < -0.39 is 16.8 Å². The Labute approximate surface area is 156 Å². The van der Waals surface area contributed by atoms with Gasteiger partial charge in [-0.25, -0.2) is 0 Å². The number of nitrogens with one attached hydrogen (secondary N) is 2. The number of carboxylic acids is 1. The van der Waals surface area contributed by atoms with E-state index in [1.807, 2.05) is 18.2 Å². The third kappa shape index (κ3) is 6.43. The van der Waals surface area contributed by atoms with Crippen LogP contribution in [0.2, 0.25) is 0 Å². The first-order valence-electron chi connectivity index (χ1n) is 8.58. The number of carboxylic acid groups (broad SMARTS) is 1. The van der Waals surface area contributed by atoms with Crippen LogP contribution in [-0.2, 0) is 4.79 Å². The van der Waals surface area contributed by atoms with E-state index in [2.05, 4.69) is 10.6 Å². The molecule has 0 bridgehead atoms. The topological polar surface area (TPSA) is 122 Å². The molecule has 2 rings (SSSR count). The molecule has 0 saturated heterocycles.